The summed E-state index contributed by atoms with van der Waals surface area (Å²) in [5.41, 5.74) is 1.43. The number of rotatable bonds is 4. The molecule has 8 heteroatoms. The molecule has 0 saturated heterocycles. The van der Waals surface area contributed by atoms with Gasteiger partial charge in [-0.15, -0.1) is 0 Å². The van der Waals surface area contributed by atoms with E-state index in [0.29, 0.717) is 16.7 Å². The highest BCUT2D eigenvalue weighted by molar-refractivity contribution is 6.09. The van der Waals surface area contributed by atoms with Gasteiger partial charge in [-0.2, -0.15) is 5.26 Å². The molecule has 0 heterocycles. The Balaban J connectivity index is 0.000000221. The normalized spacial score (nSPS) is 9.39. The Morgan fingerprint density at radius 1 is 0.714 bits per heavy atom. The van der Waals surface area contributed by atoms with Crippen LogP contribution in [-0.4, -0.2) is 15.6 Å². The minimum Gasteiger partial charge on any atom is -0.289 e. The number of nitro benzene ring substituents is 2. The van der Waals surface area contributed by atoms with Crippen LogP contribution >= 0.6 is 0 Å². The van der Waals surface area contributed by atoms with Gasteiger partial charge in [-0.25, -0.2) is 0 Å². The van der Waals surface area contributed by atoms with E-state index in [1.807, 2.05) is 12.1 Å². The predicted molar refractivity (Wildman–Crippen MR) is 101 cm³/mol. The zero-order chi connectivity index (χ0) is 20.5. The number of ketones is 1. The SMILES string of the molecule is N#Cc1ccc([N+](=O)[O-])cc1.O=C(c1ccccc1)c1ccc([N+](=O)[O-])cc1. The Hall–Kier alpha value is -4.38. The van der Waals surface area contributed by atoms with Gasteiger partial charge in [0, 0.05) is 35.4 Å². The Labute approximate surface area is 159 Å². The second-order valence-corrected chi connectivity index (χ2v) is 5.41. The van der Waals surface area contributed by atoms with E-state index in [4.69, 9.17) is 5.26 Å². The van der Waals surface area contributed by atoms with Crippen molar-refractivity contribution in [3.8, 4) is 6.07 Å². The molecule has 0 aliphatic heterocycles. The number of benzene rings is 3. The summed E-state index contributed by atoms with van der Waals surface area (Å²) < 4.78 is 0. The highest BCUT2D eigenvalue weighted by Gasteiger charge is 2.10. The van der Waals surface area contributed by atoms with Crippen LogP contribution < -0.4 is 0 Å². The molecule has 0 fully saturated rings. The first-order valence-electron chi connectivity index (χ1n) is 7.91. The topological polar surface area (TPSA) is 127 Å². The molecule has 0 aliphatic carbocycles. The summed E-state index contributed by atoms with van der Waals surface area (Å²) in [6.07, 6.45) is 0. The van der Waals surface area contributed by atoms with E-state index >= 15 is 0 Å². The molecule has 0 amide bonds. The number of non-ortho nitro benzene ring substituents is 2. The second kappa shape index (κ2) is 9.35. The summed E-state index contributed by atoms with van der Waals surface area (Å²) in [6, 6.07) is 21.7. The van der Waals surface area contributed by atoms with Crippen molar-refractivity contribution in [2.24, 2.45) is 0 Å². The van der Waals surface area contributed by atoms with Crippen molar-refractivity contribution in [2.45, 2.75) is 0 Å². The number of nitro groups is 2. The number of carbonyl (C=O) groups excluding carboxylic acids is 1. The lowest BCUT2D eigenvalue weighted by molar-refractivity contribution is -0.385. The van der Waals surface area contributed by atoms with Crippen LogP contribution in [0.2, 0.25) is 0 Å². The van der Waals surface area contributed by atoms with E-state index in [1.165, 1.54) is 48.5 Å². The van der Waals surface area contributed by atoms with Crippen LogP contribution in [-0.2, 0) is 0 Å². The Kier molecular flexibility index (Phi) is 6.66. The fourth-order valence-electron chi connectivity index (χ4n) is 2.15. The molecular weight excluding hydrogens is 362 g/mol. The van der Waals surface area contributed by atoms with Crippen molar-refractivity contribution in [1.29, 1.82) is 5.26 Å². The Bertz CT molecular complexity index is 1020. The van der Waals surface area contributed by atoms with Gasteiger partial charge in [0.25, 0.3) is 11.4 Å². The molecule has 0 N–H and O–H groups in total. The first kappa shape index (κ1) is 19.9. The smallest absolute Gasteiger partial charge is 0.269 e. The molecule has 0 atom stereocenters. The average Bonchev–Trinajstić information content (AvgIpc) is 2.74. The van der Waals surface area contributed by atoms with Gasteiger partial charge in [-0.1, -0.05) is 30.3 Å². The van der Waals surface area contributed by atoms with Crippen LogP contribution in [0.25, 0.3) is 0 Å². The largest absolute Gasteiger partial charge is 0.289 e. The zero-order valence-electron chi connectivity index (χ0n) is 14.4. The molecule has 0 aliphatic rings. The molecule has 0 spiro atoms. The van der Waals surface area contributed by atoms with Crippen molar-refractivity contribution in [3.05, 3.63) is 116 Å². The Morgan fingerprint density at radius 3 is 1.57 bits per heavy atom. The van der Waals surface area contributed by atoms with Crippen molar-refractivity contribution < 1.29 is 14.6 Å². The van der Waals surface area contributed by atoms with Gasteiger partial charge in [0.1, 0.15) is 0 Å². The third-order valence-electron chi connectivity index (χ3n) is 3.58. The van der Waals surface area contributed by atoms with Crippen LogP contribution in [0.4, 0.5) is 11.4 Å². The van der Waals surface area contributed by atoms with Crippen molar-refractivity contribution in [3.63, 3.8) is 0 Å². The summed E-state index contributed by atoms with van der Waals surface area (Å²) in [4.78, 5) is 31.6. The highest BCUT2D eigenvalue weighted by atomic mass is 16.6. The van der Waals surface area contributed by atoms with E-state index in [2.05, 4.69) is 0 Å². The van der Waals surface area contributed by atoms with E-state index < -0.39 is 9.85 Å². The minimum atomic E-state index is -0.499. The highest BCUT2D eigenvalue weighted by Crippen LogP contribution is 2.15. The van der Waals surface area contributed by atoms with Gasteiger partial charge >= 0.3 is 0 Å². The van der Waals surface area contributed by atoms with Gasteiger partial charge in [-0.05, 0) is 24.3 Å². The van der Waals surface area contributed by atoms with Gasteiger partial charge in [0.15, 0.2) is 5.78 Å². The number of nitrogens with zero attached hydrogens (tertiary/aromatic N) is 3. The molecule has 3 rings (SSSR count). The lowest BCUT2D eigenvalue weighted by atomic mass is 10.0. The van der Waals surface area contributed by atoms with Crippen molar-refractivity contribution >= 4 is 17.2 Å². The van der Waals surface area contributed by atoms with Gasteiger partial charge in [-0.3, -0.25) is 25.0 Å². The fourth-order valence-corrected chi connectivity index (χ4v) is 2.15. The molecule has 28 heavy (non-hydrogen) atoms. The number of hydrogen-bond donors (Lipinski definition) is 0. The van der Waals surface area contributed by atoms with Crippen LogP contribution in [0.3, 0.4) is 0 Å². The molecule has 0 radical (unpaired) electrons. The second-order valence-electron chi connectivity index (χ2n) is 5.41. The van der Waals surface area contributed by atoms with Crippen molar-refractivity contribution in [1.82, 2.24) is 0 Å². The molecule has 0 saturated carbocycles. The van der Waals surface area contributed by atoms with Gasteiger partial charge in [0.2, 0.25) is 0 Å². The fraction of sp³-hybridized carbons (Fsp3) is 0. The molecule has 0 unspecified atom stereocenters. The molecule has 0 bridgehead atoms. The number of hydrogen-bond acceptors (Lipinski definition) is 6. The number of nitriles is 1. The van der Waals surface area contributed by atoms with E-state index in [0.717, 1.165) is 0 Å². The molecule has 8 nitrogen and oxygen atoms in total. The molecular formula is C20H13N3O5. The minimum absolute atomic E-state index is 0.00370. The lowest BCUT2D eigenvalue weighted by Gasteiger charge is -2.00. The summed E-state index contributed by atoms with van der Waals surface area (Å²) in [5, 5.41) is 28.9. The quantitative estimate of drug-likeness (QED) is 0.380. The van der Waals surface area contributed by atoms with E-state index in [9.17, 15) is 25.0 Å². The maximum atomic E-state index is 12.0. The zero-order valence-corrected chi connectivity index (χ0v) is 14.4. The van der Waals surface area contributed by atoms with Crippen LogP contribution in [0.1, 0.15) is 21.5 Å². The molecule has 138 valence electrons. The van der Waals surface area contributed by atoms with Crippen LogP contribution in [0.5, 0.6) is 0 Å². The van der Waals surface area contributed by atoms with E-state index in [1.54, 1.807) is 24.3 Å². The summed E-state index contributed by atoms with van der Waals surface area (Å²) >= 11 is 0. The van der Waals surface area contributed by atoms with Crippen molar-refractivity contribution in [2.75, 3.05) is 0 Å². The molecule has 3 aromatic carbocycles. The predicted octanol–water partition coefficient (Wildman–Crippen LogP) is 4.29. The first-order valence-corrected chi connectivity index (χ1v) is 7.91. The summed E-state index contributed by atoms with van der Waals surface area (Å²) in [5.74, 6) is -0.138. The average molecular weight is 375 g/mol. The maximum Gasteiger partial charge on any atom is 0.269 e. The monoisotopic (exact) mass is 375 g/mol. The van der Waals surface area contributed by atoms with Crippen LogP contribution in [0.15, 0.2) is 78.9 Å². The maximum absolute atomic E-state index is 12.0. The van der Waals surface area contributed by atoms with E-state index in [-0.39, 0.29) is 17.2 Å². The summed E-state index contributed by atoms with van der Waals surface area (Å²) in [7, 11) is 0. The van der Waals surface area contributed by atoms with Crippen LogP contribution in [0, 0.1) is 31.6 Å². The number of carbonyl (C=O) groups is 1. The third kappa shape index (κ3) is 5.31. The first-order chi connectivity index (χ1) is 13.4. The van der Waals surface area contributed by atoms with Gasteiger partial charge < -0.3 is 0 Å². The standard InChI is InChI=1S/C13H9NO3.C7H4N2O2/c15-13(10-4-2-1-3-5-10)11-6-8-12(9-7-11)14(16)17;8-5-6-1-3-7(4-2-6)9(10)11/h1-9H;1-4H. The molecule has 0 aromatic heterocycles. The van der Waals surface area contributed by atoms with Gasteiger partial charge in [0.05, 0.1) is 21.5 Å². The summed E-state index contributed by atoms with van der Waals surface area (Å²) in [6.45, 7) is 0. The molecule has 3 aromatic rings. The Morgan fingerprint density at radius 2 is 1.14 bits per heavy atom. The lowest BCUT2D eigenvalue weighted by Crippen LogP contribution is -2.00. The third-order valence-corrected chi connectivity index (χ3v) is 3.58.